The first-order valence-electron chi connectivity index (χ1n) is 11.4. The van der Waals surface area contributed by atoms with Crippen LogP contribution >= 0.6 is 0 Å². The van der Waals surface area contributed by atoms with Crippen molar-refractivity contribution in [2.45, 2.75) is 38.5 Å². The minimum atomic E-state index is -4.00. The fourth-order valence-electron chi connectivity index (χ4n) is 4.71. The molecule has 0 bridgehead atoms. The Kier molecular flexibility index (Phi) is 5.48. The summed E-state index contributed by atoms with van der Waals surface area (Å²) >= 11 is 0. The third-order valence-electron chi connectivity index (χ3n) is 6.33. The predicted octanol–water partition coefficient (Wildman–Crippen LogP) is 6.67. The van der Waals surface area contributed by atoms with Crippen molar-refractivity contribution >= 4 is 32.0 Å². The van der Waals surface area contributed by atoms with Crippen molar-refractivity contribution in [3.05, 3.63) is 95.4 Å². The topological polar surface area (TPSA) is 52.0 Å². The van der Waals surface area contributed by atoms with Crippen LogP contribution in [0.15, 0.2) is 77.7 Å². The summed E-state index contributed by atoms with van der Waals surface area (Å²) in [6.45, 7) is 5.92. The molecule has 2 aromatic heterocycles. The van der Waals surface area contributed by atoms with E-state index in [-0.39, 0.29) is 4.90 Å². The van der Waals surface area contributed by atoms with Crippen LogP contribution in [0.5, 0.6) is 0 Å². The van der Waals surface area contributed by atoms with Crippen molar-refractivity contribution in [1.29, 1.82) is 0 Å². The first-order chi connectivity index (χ1) is 16.4. The number of nitrogens with zero attached hydrogens (tertiary/aromatic N) is 2. The Labute approximate surface area is 198 Å². The maximum absolute atomic E-state index is 15.2. The Balaban J connectivity index is 2.05. The summed E-state index contributed by atoms with van der Waals surface area (Å²) < 4.78 is 44.8. The molecule has 0 unspecified atom stereocenters. The number of rotatable bonds is 5. The summed E-state index contributed by atoms with van der Waals surface area (Å²) in [4.78, 5) is 5.12. The number of fused-ring (bicyclic) bond motifs is 3. The number of hydrogen-bond donors (Lipinski definition) is 0. The molecule has 4 nitrogen and oxygen atoms in total. The van der Waals surface area contributed by atoms with E-state index in [1.54, 1.807) is 48.5 Å². The molecular formula is C28H25FN2O2S. The SMILES string of the molecule is CCc1nc2c3ccccc3n(S(=O)(=O)c3ccc(C)cc3)c2c(-c2ccccc2F)c1CC. The molecule has 0 aliphatic heterocycles. The summed E-state index contributed by atoms with van der Waals surface area (Å²) in [5.41, 5.74) is 5.17. The maximum atomic E-state index is 15.2. The third kappa shape index (κ3) is 3.32. The number of pyridine rings is 1. The quantitative estimate of drug-likeness (QED) is 0.287. The van der Waals surface area contributed by atoms with Crippen molar-refractivity contribution < 1.29 is 12.8 Å². The van der Waals surface area contributed by atoms with E-state index in [4.69, 9.17) is 4.98 Å². The molecule has 0 saturated carbocycles. The summed E-state index contributed by atoms with van der Waals surface area (Å²) in [6.07, 6.45) is 1.26. The molecule has 5 rings (SSSR count). The Bertz CT molecular complexity index is 1650. The van der Waals surface area contributed by atoms with Crippen molar-refractivity contribution in [3.63, 3.8) is 0 Å². The van der Waals surface area contributed by atoms with Crippen molar-refractivity contribution in [1.82, 2.24) is 8.96 Å². The highest BCUT2D eigenvalue weighted by atomic mass is 32.2. The molecule has 5 aromatic rings. The van der Waals surface area contributed by atoms with Crippen LogP contribution < -0.4 is 0 Å². The van der Waals surface area contributed by atoms with Gasteiger partial charge in [0.2, 0.25) is 0 Å². The summed E-state index contributed by atoms with van der Waals surface area (Å²) in [5, 5.41) is 0.725. The smallest absolute Gasteiger partial charge is 0.250 e. The molecule has 0 spiro atoms. The average Bonchev–Trinajstić information content (AvgIpc) is 3.18. The highest BCUT2D eigenvalue weighted by Gasteiger charge is 2.29. The molecule has 0 N–H and O–H groups in total. The second-order valence-corrected chi connectivity index (χ2v) is 10.2. The van der Waals surface area contributed by atoms with E-state index >= 15 is 4.39 Å². The zero-order valence-electron chi connectivity index (χ0n) is 19.3. The number of aryl methyl sites for hydroxylation is 2. The first-order valence-corrected chi connectivity index (χ1v) is 12.8. The van der Waals surface area contributed by atoms with Gasteiger partial charge in [0, 0.05) is 22.2 Å². The van der Waals surface area contributed by atoms with E-state index in [9.17, 15) is 8.42 Å². The highest BCUT2D eigenvalue weighted by molar-refractivity contribution is 7.90. The van der Waals surface area contributed by atoms with Crippen LogP contribution in [0.1, 0.15) is 30.7 Å². The van der Waals surface area contributed by atoms with Gasteiger partial charge in [-0.3, -0.25) is 4.98 Å². The Morgan fingerprint density at radius 1 is 0.882 bits per heavy atom. The van der Waals surface area contributed by atoms with Gasteiger partial charge in [-0.2, -0.15) is 0 Å². The van der Waals surface area contributed by atoms with Crippen molar-refractivity contribution in [2.24, 2.45) is 0 Å². The van der Waals surface area contributed by atoms with Crippen molar-refractivity contribution in [2.75, 3.05) is 0 Å². The number of benzene rings is 3. The fraction of sp³-hybridized carbons (Fsp3) is 0.179. The second-order valence-electron chi connectivity index (χ2n) is 8.40. The number of aromatic nitrogens is 2. The van der Waals surface area contributed by atoms with E-state index < -0.39 is 15.8 Å². The van der Waals surface area contributed by atoms with Gasteiger partial charge in [-0.1, -0.05) is 67.9 Å². The normalized spacial score (nSPS) is 12.0. The van der Waals surface area contributed by atoms with Crippen LogP contribution in [-0.4, -0.2) is 17.4 Å². The van der Waals surface area contributed by atoms with Gasteiger partial charge in [-0.05, 0) is 49.6 Å². The summed E-state index contributed by atoms with van der Waals surface area (Å²) in [5.74, 6) is -0.392. The van der Waals surface area contributed by atoms with Gasteiger partial charge in [0.15, 0.2) is 0 Å². The molecule has 34 heavy (non-hydrogen) atoms. The van der Waals surface area contributed by atoms with E-state index in [0.717, 1.165) is 22.2 Å². The van der Waals surface area contributed by atoms with Gasteiger partial charge < -0.3 is 0 Å². The van der Waals surface area contributed by atoms with E-state index in [1.165, 1.54) is 10.0 Å². The molecule has 0 radical (unpaired) electrons. The number of hydrogen-bond acceptors (Lipinski definition) is 3. The minimum absolute atomic E-state index is 0.179. The maximum Gasteiger partial charge on any atom is 0.268 e. The lowest BCUT2D eigenvalue weighted by Gasteiger charge is -2.17. The number of para-hydroxylation sites is 1. The molecule has 2 heterocycles. The minimum Gasteiger partial charge on any atom is -0.250 e. The van der Waals surface area contributed by atoms with E-state index in [1.807, 2.05) is 39.0 Å². The van der Waals surface area contributed by atoms with E-state index in [0.29, 0.717) is 40.5 Å². The lowest BCUT2D eigenvalue weighted by atomic mass is 9.94. The lowest BCUT2D eigenvalue weighted by Crippen LogP contribution is -2.14. The van der Waals surface area contributed by atoms with Crippen LogP contribution in [0, 0.1) is 12.7 Å². The first kappa shape index (κ1) is 22.3. The molecule has 3 aromatic carbocycles. The monoisotopic (exact) mass is 472 g/mol. The lowest BCUT2D eigenvalue weighted by molar-refractivity contribution is 0.590. The Morgan fingerprint density at radius 2 is 1.56 bits per heavy atom. The molecule has 0 fully saturated rings. The van der Waals surface area contributed by atoms with Gasteiger partial charge in [0.1, 0.15) is 5.82 Å². The van der Waals surface area contributed by atoms with Gasteiger partial charge >= 0.3 is 0 Å². The highest BCUT2D eigenvalue weighted by Crippen LogP contribution is 2.41. The van der Waals surface area contributed by atoms with Gasteiger partial charge in [0.25, 0.3) is 10.0 Å². The van der Waals surface area contributed by atoms with Crippen LogP contribution in [0.2, 0.25) is 0 Å². The molecule has 0 atom stereocenters. The predicted molar refractivity (Wildman–Crippen MR) is 135 cm³/mol. The fourth-order valence-corrected chi connectivity index (χ4v) is 6.24. The van der Waals surface area contributed by atoms with Gasteiger partial charge in [0.05, 0.1) is 21.4 Å². The molecule has 6 heteroatoms. The summed E-state index contributed by atoms with van der Waals surface area (Å²) in [6, 6.07) is 20.7. The number of halogens is 1. The van der Waals surface area contributed by atoms with Crippen LogP contribution in [-0.2, 0) is 22.9 Å². The Morgan fingerprint density at radius 3 is 2.24 bits per heavy atom. The van der Waals surface area contributed by atoms with Gasteiger partial charge in [-0.25, -0.2) is 16.8 Å². The zero-order valence-corrected chi connectivity index (χ0v) is 20.2. The van der Waals surface area contributed by atoms with Crippen molar-refractivity contribution in [3.8, 4) is 11.1 Å². The van der Waals surface area contributed by atoms with Crippen LogP contribution in [0.4, 0.5) is 4.39 Å². The zero-order chi connectivity index (χ0) is 24.0. The van der Waals surface area contributed by atoms with E-state index in [2.05, 4.69) is 0 Å². The molecule has 0 aliphatic carbocycles. The largest absolute Gasteiger partial charge is 0.268 e. The summed E-state index contributed by atoms with van der Waals surface area (Å²) in [7, 11) is -4.00. The molecule has 172 valence electrons. The average molecular weight is 473 g/mol. The second kappa shape index (κ2) is 8.37. The molecular weight excluding hydrogens is 447 g/mol. The third-order valence-corrected chi connectivity index (χ3v) is 8.06. The van der Waals surface area contributed by atoms with Crippen LogP contribution in [0.25, 0.3) is 33.1 Å². The Hall–Kier alpha value is -3.51. The van der Waals surface area contributed by atoms with Gasteiger partial charge in [-0.15, -0.1) is 0 Å². The molecule has 0 amide bonds. The standard InChI is InChI=1S/C28H25FN2O2S/c1-4-20-24(5-2)30-27-22-11-7-9-13-25(22)31(34(32,33)19-16-14-18(3)15-17-19)28(27)26(20)21-10-6-8-12-23(21)29/h6-17H,4-5H2,1-3H3. The van der Waals surface area contributed by atoms with Crippen LogP contribution in [0.3, 0.4) is 0 Å². The molecule has 0 saturated heterocycles. The molecule has 0 aliphatic rings.